The van der Waals surface area contributed by atoms with E-state index in [1.807, 2.05) is 25.2 Å². The molecule has 0 aliphatic heterocycles. The van der Waals surface area contributed by atoms with Crippen LogP contribution in [0.5, 0.6) is 0 Å². The largest absolute Gasteiger partial charge is 0.351 e. The highest BCUT2D eigenvalue weighted by molar-refractivity contribution is 9.10. The first-order valence-electron chi connectivity index (χ1n) is 8.44. The fourth-order valence-electron chi connectivity index (χ4n) is 2.48. The van der Waals surface area contributed by atoms with Crippen molar-refractivity contribution in [1.29, 1.82) is 0 Å². The van der Waals surface area contributed by atoms with Crippen molar-refractivity contribution in [3.05, 3.63) is 64.1 Å². The summed E-state index contributed by atoms with van der Waals surface area (Å²) in [6, 6.07) is 14.7. The Morgan fingerprint density at radius 3 is 2.37 bits per heavy atom. The topological polar surface area (TPSA) is 69.7 Å². The summed E-state index contributed by atoms with van der Waals surface area (Å²) in [6.07, 6.45) is 0. The molecule has 0 bridgehead atoms. The van der Waals surface area contributed by atoms with E-state index in [9.17, 15) is 13.2 Å². The highest BCUT2D eigenvalue weighted by Gasteiger charge is 2.22. The van der Waals surface area contributed by atoms with Gasteiger partial charge in [-0.2, -0.15) is 0 Å². The lowest BCUT2D eigenvalue weighted by Crippen LogP contribution is -2.33. The van der Waals surface area contributed by atoms with Crippen LogP contribution in [-0.2, 0) is 16.6 Å². The van der Waals surface area contributed by atoms with Crippen molar-refractivity contribution in [1.82, 2.24) is 14.5 Å². The maximum atomic E-state index is 12.4. The van der Waals surface area contributed by atoms with Gasteiger partial charge in [0.1, 0.15) is 0 Å². The average Bonchev–Trinajstić information content (AvgIpc) is 2.62. The number of nitrogens with zero attached hydrogens (tertiary/aromatic N) is 2. The Kier molecular flexibility index (Phi) is 7.55. The molecule has 0 radical (unpaired) electrons. The van der Waals surface area contributed by atoms with Crippen molar-refractivity contribution in [2.24, 2.45) is 0 Å². The fraction of sp³-hybridized carbons (Fsp3) is 0.316. The van der Waals surface area contributed by atoms with Crippen LogP contribution >= 0.6 is 15.9 Å². The normalized spacial score (nSPS) is 11.8. The zero-order valence-electron chi connectivity index (χ0n) is 15.6. The van der Waals surface area contributed by atoms with E-state index in [4.69, 9.17) is 0 Å². The summed E-state index contributed by atoms with van der Waals surface area (Å²) in [5.74, 6) is -0.300. The van der Waals surface area contributed by atoms with Gasteiger partial charge in [-0.25, -0.2) is 12.7 Å². The van der Waals surface area contributed by atoms with Crippen LogP contribution in [0.2, 0.25) is 0 Å². The number of nitrogens with one attached hydrogen (secondary N) is 1. The third kappa shape index (κ3) is 5.87. The molecule has 0 atom stereocenters. The second-order valence-corrected chi connectivity index (χ2v) is 9.39. The van der Waals surface area contributed by atoms with E-state index in [0.717, 1.165) is 10.8 Å². The molecule has 146 valence electrons. The Balaban J connectivity index is 1.96. The van der Waals surface area contributed by atoms with Gasteiger partial charge in [-0.15, -0.1) is 0 Å². The fourth-order valence-corrected chi connectivity index (χ4v) is 4.32. The van der Waals surface area contributed by atoms with Crippen LogP contribution in [0.25, 0.3) is 0 Å². The second kappa shape index (κ2) is 9.45. The molecule has 1 amide bonds. The molecule has 0 fully saturated rings. The van der Waals surface area contributed by atoms with Crippen LogP contribution in [0.4, 0.5) is 0 Å². The molecule has 2 aromatic rings. The first kappa shape index (κ1) is 21.6. The van der Waals surface area contributed by atoms with Crippen molar-refractivity contribution < 1.29 is 13.2 Å². The molecular formula is C19H24BrN3O3S. The first-order chi connectivity index (χ1) is 12.7. The third-order valence-corrected chi connectivity index (χ3v) is 6.84. The molecule has 2 aromatic carbocycles. The number of benzene rings is 2. The maximum absolute atomic E-state index is 12.4. The van der Waals surface area contributed by atoms with Crippen molar-refractivity contribution in [3.63, 3.8) is 0 Å². The van der Waals surface area contributed by atoms with Gasteiger partial charge >= 0.3 is 0 Å². The van der Waals surface area contributed by atoms with Gasteiger partial charge in [-0.1, -0.05) is 30.3 Å². The lowest BCUT2D eigenvalue weighted by atomic mass is 10.2. The Morgan fingerprint density at radius 1 is 1.07 bits per heavy atom. The lowest BCUT2D eigenvalue weighted by molar-refractivity contribution is 0.0949. The quantitative estimate of drug-likeness (QED) is 0.666. The van der Waals surface area contributed by atoms with Gasteiger partial charge in [-0.05, 0) is 46.7 Å². The van der Waals surface area contributed by atoms with Crippen LogP contribution in [0, 0.1) is 0 Å². The molecule has 1 N–H and O–H groups in total. The van der Waals surface area contributed by atoms with E-state index in [1.54, 1.807) is 12.1 Å². The zero-order chi connectivity index (χ0) is 20.0. The predicted molar refractivity (Wildman–Crippen MR) is 110 cm³/mol. The van der Waals surface area contributed by atoms with Crippen molar-refractivity contribution in [3.8, 4) is 0 Å². The molecule has 0 aromatic heterocycles. The number of rotatable bonds is 8. The SMILES string of the molecule is CN(CCNC(=O)c1ccc(Br)c(S(=O)(=O)N(C)C)c1)Cc1ccccc1. The molecule has 27 heavy (non-hydrogen) atoms. The second-order valence-electron chi connectivity index (χ2n) is 6.41. The number of amides is 1. The number of carbonyl (C=O) groups excluding carboxylic acids is 1. The van der Waals surface area contributed by atoms with Crippen molar-refractivity contribution in [2.45, 2.75) is 11.4 Å². The summed E-state index contributed by atoms with van der Waals surface area (Å²) in [7, 11) is 1.26. The molecule has 0 aliphatic rings. The average molecular weight is 454 g/mol. The number of likely N-dealkylation sites (N-methyl/N-ethyl adjacent to an activating group) is 1. The molecule has 8 heteroatoms. The molecule has 6 nitrogen and oxygen atoms in total. The smallest absolute Gasteiger partial charge is 0.251 e. The van der Waals surface area contributed by atoms with Crippen LogP contribution in [-0.4, -0.2) is 57.8 Å². The predicted octanol–water partition coefficient (Wildman–Crippen LogP) is 2.56. The van der Waals surface area contributed by atoms with Gasteiger partial charge in [0.25, 0.3) is 5.91 Å². The molecule has 0 saturated heterocycles. The Labute approximate surface area is 169 Å². The maximum Gasteiger partial charge on any atom is 0.251 e. The van der Waals surface area contributed by atoms with Gasteiger partial charge in [0.15, 0.2) is 0 Å². The highest BCUT2D eigenvalue weighted by atomic mass is 79.9. The third-order valence-electron chi connectivity index (χ3n) is 4.03. The summed E-state index contributed by atoms with van der Waals surface area (Å²) >= 11 is 3.24. The van der Waals surface area contributed by atoms with Crippen LogP contribution in [0.3, 0.4) is 0 Å². The highest BCUT2D eigenvalue weighted by Crippen LogP contribution is 2.25. The zero-order valence-corrected chi connectivity index (χ0v) is 18.0. The summed E-state index contributed by atoms with van der Waals surface area (Å²) < 4.78 is 26.3. The van der Waals surface area contributed by atoms with Gasteiger partial charge in [0.05, 0.1) is 4.90 Å². The van der Waals surface area contributed by atoms with E-state index in [2.05, 4.69) is 38.3 Å². The number of carbonyl (C=O) groups is 1. The summed E-state index contributed by atoms with van der Waals surface area (Å²) in [5, 5.41) is 2.84. The van der Waals surface area contributed by atoms with Gasteiger partial charge in [0, 0.05) is 43.8 Å². The summed E-state index contributed by atoms with van der Waals surface area (Å²) in [6.45, 7) is 1.94. The molecule has 0 heterocycles. The Morgan fingerprint density at radius 2 is 1.74 bits per heavy atom. The lowest BCUT2D eigenvalue weighted by Gasteiger charge is -2.17. The standard InChI is InChI=1S/C19H24BrN3O3S/c1-22(2)27(25,26)18-13-16(9-10-17(18)20)19(24)21-11-12-23(3)14-15-7-5-4-6-8-15/h4-10,13H,11-12,14H2,1-3H3,(H,21,24). The minimum atomic E-state index is -3.63. The number of hydrogen-bond acceptors (Lipinski definition) is 4. The van der Waals surface area contributed by atoms with Crippen LogP contribution < -0.4 is 5.32 Å². The van der Waals surface area contributed by atoms with E-state index >= 15 is 0 Å². The monoisotopic (exact) mass is 453 g/mol. The van der Waals surface area contributed by atoms with Gasteiger partial charge in [-0.3, -0.25) is 4.79 Å². The number of halogens is 1. The first-order valence-corrected chi connectivity index (χ1v) is 10.7. The molecule has 0 aliphatic carbocycles. The van der Waals surface area contributed by atoms with Gasteiger partial charge in [0.2, 0.25) is 10.0 Å². The molecular weight excluding hydrogens is 430 g/mol. The minimum absolute atomic E-state index is 0.0707. The number of sulfonamides is 1. The van der Waals surface area contributed by atoms with Crippen molar-refractivity contribution in [2.75, 3.05) is 34.2 Å². The number of hydrogen-bond donors (Lipinski definition) is 1. The van der Waals surface area contributed by atoms with E-state index in [-0.39, 0.29) is 10.8 Å². The molecule has 2 rings (SSSR count). The molecule has 0 spiro atoms. The van der Waals surface area contributed by atoms with Crippen molar-refractivity contribution >= 4 is 31.9 Å². The van der Waals surface area contributed by atoms with Crippen LogP contribution in [0.1, 0.15) is 15.9 Å². The van der Waals surface area contributed by atoms with E-state index in [1.165, 1.54) is 25.7 Å². The minimum Gasteiger partial charge on any atom is -0.351 e. The van der Waals surface area contributed by atoms with E-state index < -0.39 is 10.0 Å². The Bertz CT molecular complexity index is 886. The van der Waals surface area contributed by atoms with Gasteiger partial charge < -0.3 is 10.2 Å². The summed E-state index contributed by atoms with van der Waals surface area (Å²) in [4.78, 5) is 14.6. The molecule has 0 unspecified atom stereocenters. The molecule has 0 saturated carbocycles. The Hall–Kier alpha value is -1.74. The summed E-state index contributed by atoms with van der Waals surface area (Å²) in [5.41, 5.74) is 1.52. The van der Waals surface area contributed by atoms with Crippen LogP contribution in [0.15, 0.2) is 57.9 Å². The van der Waals surface area contributed by atoms with E-state index in [0.29, 0.717) is 23.1 Å².